The Hall–Kier alpha value is -1.55. The first-order chi connectivity index (χ1) is 7.69. The number of hydrogen-bond donors (Lipinski definition) is 0. The first kappa shape index (κ1) is 12.5. The second kappa shape index (κ2) is 6.12. The van der Waals surface area contributed by atoms with Crippen LogP contribution in [0.3, 0.4) is 0 Å². The van der Waals surface area contributed by atoms with Crippen molar-refractivity contribution in [3.8, 4) is 5.75 Å². The summed E-state index contributed by atoms with van der Waals surface area (Å²) < 4.78 is 15.0. The molecule has 1 aromatic rings. The van der Waals surface area contributed by atoms with Gasteiger partial charge in [-0.2, -0.15) is 0 Å². The number of rotatable bonds is 5. The second-order valence-corrected chi connectivity index (χ2v) is 3.25. The van der Waals surface area contributed by atoms with E-state index in [-0.39, 0.29) is 12.8 Å². The van der Waals surface area contributed by atoms with Crippen LogP contribution in [0.2, 0.25) is 0 Å². The maximum absolute atomic E-state index is 11.4. The van der Waals surface area contributed by atoms with E-state index in [2.05, 4.69) is 0 Å². The lowest BCUT2D eigenvalue weighted by Crippen LogP contribution is -2.06. The number of hydrogen-bond acceptors (Lipinski definition) is 4. The van der Waals surface area contributed by atoms with Crippen LogP contribution in [0, 0.1) is 6.92 Å². The second-order valence-electron chi connectivity index (χ2n) is 3.25. The predicted octanol–water partition coefficient (Wildman–Crippen LogP) is 2.15. The molecule has 88 valence electrons. The molecule has 0 aliphatic heterocycles. The lowest BCUT2D eigenvalue weighted by molar-refractivity contribution is 0.0503. The Balaban J connectivity index is 2.78. The Bertz CT molecular complexity index is 360. The molecule has 0 atom stereocenters. The van der Waals surface area contributed by atoms with Gasteiger partial charge in [0.1, 0.15) is 5.75 Å². The van der Waals surface area contributed by atoms with Gasteiger partial charge in [0.2, 0.25) is 0 Å². The predicted molar refractivity (Wildman–Crippen MR) is 59.6 cm³/mol. The van der Waals surface area contributed by atoms with Gasteiger partial charge in [-0.3, -0.25) is 0 Å². The molecule has 0 aliphatic rings. The zero-order valence-electron chi connectivity index (χ0n) is 9.78. The summed E-state index contributed by atoms with van der Waals surface area (Å²) in [6.07, 6.45) is 0. The largest absolute Gasteiger partial charge is 0.467 e. The van der Waals surface area contributed by atoms with Crippen LogP contribution in [0.15, 0.2) is 18.2 Å². The topological polar surface area (TPSA) is 44.8 Å². The van der Waals surface area contributed by atoms with Gasteiger partial charge in [-0.05, 0) is 37.6 Å². The Kier molecular flexibility index (Phi) is 4.79. The standard InChI is InChI=1S/C12H16O4/c1-4-15-12(13)10-5-6-11(9(2)7-10)16-8-14-3/h5-7H,4,8H2,1-3H3. The lowest BCUT2D eigenvalue weighted by atomic mass is 10.1. The van der Waals surface area contributed by atoms with E-state index < -0.39 is 0 Å². The Labute approximate surface area is 95.1 Å². The average Bonchev–Trinajstić information content (AvgIpc) is 2.27. The van der Waals surface area contributed by atoms with Crippen molar-refractivity contribution in [3.63, 3.8) is 0 Å². The van der Waals surface area contributed by atoms with Crippen LogP contribution < -0.4 is 4.74 Å². The zero-order valence-corrected chi connectivity index (χ0v) is 9.78. The number of ether oxygens (including phenoxy) is 3. The van der Waals surface area contributed by atoms with E-state index in [4.69, 9.17) is 14.2 Å². The van der Waals surface area contributed by atoms with Gasteiger partial charge in [0.15, 0.2) is 6.79 Å². The molecule has 0 saturated carbocycles. The molecule has 0 spiro atoms. The van der Waals surface area contributed by atoms with Crippen molar-refractivity contribution < 1.29 is 19.0 Å². The molecule has 0 bridgehead atoms. The third-order valence-electron chi connectivity index (χ3n) is 2.02. The highest BCUT2D eigenvalue weighted by Gasteiger charge is 2.08. The van der Waals surface area contributed by atoms with Crippen LogP contribution in [0.25, 0.3) is 0 Å². The maximum atomic E-state index is 11.4. The van der Waals surface area contributed by atoms with Crippen molar-refractivity contribution in [2.75, 3.05) is 20.5 Å². The molecule has 0 aliphatic carbocycles. The van der Waals surface area contributed by atoms with Crippen LogP contribution >= 0.6 is 0 Å². The minimum absolute atomic E-state index is 0.194. The van der Waals surface area contributed by atoms with Crippen molar-refractivity contribution in [3.05, 3.63) is 29.3 Å². The monoisotopic (exact) mass is 224 g/mol. The van der Waals surface area contributed by atoms with Gasteiger partial charge in [0.05, 0.1) is 12.2 Å². The van der Waals surface area contributed by atoms with Gasteiger partial charge in [0, 0.05) is 7.11 Å². The lowest BCUT2D eigenvalue weighted by Gasteiger charge is -2.09. The highest BCUT2D eigenvalue weighted by Crippen LogP contribution is 2.19. The number of carbonyl (C=O) groups is 1. The summed E-state index contributed by atoms with van der Waals surface area (Å²) in [6.45, 7) is 4.22. The van der Waals surface area contributed by atoms with Crippen LogP contribution in [0.5, 0.6) is 5.75 Å². The van der Waals surface area contributed by atoms with Crippen molar-refractivity contribution in [1.29, 1.82) is 0 Å². The summed E-state index contributed by atoms with van der Waals surface area (Å²) in [5, 5.41) is 0. The van der Waals surface area contributed by atoms with Gasteiger partial charge in [0.25, 0.3) is 0 Å². The van der Waals surface area contributed by atoms with Gasteiger partial charge < -0.3 is 14.2 Å². The summed E-state index contributed by atoms with van der Waals surface area (Å²) in [6, 6.07) is 5.15. The van der Waals surface area contributed by atoms with E-state index in [0.717, 1.165) is 5.56 Å². The van der Waals surface area contributed by atoms with Crippen LogP contribution in [-0.2, 0) is 9.47 Å². The first-order valence-electron chi connectivity index (χ1n) is 5.08. The van der Waals surface area contributed by atoms with Gasteiger partial charge in [-0.25, -0.2) is 4.79 Å². The normalized spacial score (nSPS) is 9.94. The molecule has 0 N–H and O–H groups in total. The summed E-state index contributed by atoms with van der Waals surface area (Å²) in [5.41, 5.74) is 1.41. The van der Waals surface area contributed by atoms with Crippen LogP contribution in [0.1, 0.15) is 22.8 Å². The van der Waals surface area contributed by atoms with E-state index >= 15 is 0 Å². The van der Waals surface area contributed by atoms with Gasteiger partial charge >= 0.3 is 5.97 Å². The highest BCUT2D eigenvalue weighted by atomic mass is 16.7. The third kappa shape index (κ3) is 3.24. The SMILES string of the molecule is CCOC(=O)c1ccc(OCOC)c(C)c1. The molecular formula is C12H16O4. The smallest absolute Gasteiger partial charge is 0.338 e. The van der Waals surface area contributed by atoms with Crippen LogP contribution in [0.4, 0.5) is 0 Å². The zero-order chi connectivity index (χ0) is 12.0. The number of benzene rings is 1. The van der Waals surface area contributed by atoms with Crippen molar-refractivity contribution >= 4 is 5.97 Å². The average molecular weight is 224 g/mol. The Morgan fingerprint density at radius 3 is 2.69 bits per heavy atom. The summed E-state index contributed by atoms with van der Waals surface area (Å²) in [4.78, 5) is 11.4. The van der Waals surface area contributed by atoms with E-state index in [1.54, 1.807) is 32.2 Å². The minimum Gasteiger partial charge on any atom is -0.467 e. The molecule has 1 rings (SSSR count). The van der Waals surface area contributed by atoms with E-state index in [1.807, 2.05) is 6.92 Å². The summed E-state index contributed by atoms with van der Waals surface area (Å²) in [5.74, 6) is 0.388. The molecule has 4 nitrogen and oxygen atoms in total. The fourth-order valence-electron chi connectivity index (χ4n) is 1.28. The third-order valence-corrected chi connectivity index (χ3v) is 2.02. The molecule has 0 unspecified atom stereocenters. The molecule has 4 heteroatoms. The summed E-state index contributed by atoms with van der Waals surface area (Å²) in [7, 11) is 1.56. The maximum Gasteiger partial charge on any atom is 0.338 e. The molecule has 0 radical (unpaired) electrons. The number of carbonyl (C=O) groups excluding carboxylic acids is 1. The summed E-state index contributed by atoms with van der Waals surface area (Å²) >= 11 is 0. The minimum atomic E-state index is -0.316. The Morgan fingerprint density at radius 2 is 2.12 bits per heavy atom. The molecule has 0 saturated heterocycles. The first-order valence-corrected chi connectivity index (χ1v) is 5.08. The quantitative estimate of drug-likeness (QED) is 0.568. The molecule has 1 aromatic carbocycles. The number of methoxy groups -OCH3 is 1. The molecule has 16 heavy (non-hydrogen) atoms. The van der Waals surface area contributed by atoms with Crippen LogP contribution in [-0.4, -0.2) is 26.5 Å². The van der Waals surface area contributed by atoms with E-state index in [0.29, 0.717) is 17.9 Å². The van der Waals surface area contributed by atoms with Gasteiger partial charge in [-0.15, -0.1) is 0 Å². The highest BCUT2D eigenvalue weighted by molar-refractivity contribution is 5.89. The molecule has 0 fully saturated rings. The van der Waals surface area contributed by atoms with E-state index in [1.165, 1.54) is 0 Å². The fraction of sp³-hybridized carbons (Fsp3) is 0.417. The molecule has 0 aromatic heterocycles. The number of esters is 1. The van der Waals surface area contributed by atoms with Crippen molar-refractivity contribution in [2.45, 2.75) is 13.8 Å². The fourth-order valence-corrected chi connectivity index (χ4v) is 1.28. The van der Waals surface area contributed by atoms with Crippen molar-refractivity contribution in [1.82, 2.24) is 0 Å². The molecular weight excluding hydrogens is 208 g/mol. The molecule has 0 amide bonds. The number of aryl methyl sites for hydroxylation is 1. The molecule has 0 heterocycles. The van der Waals surface area contributed by atoms with E-state index in [9.17, 15) is 4.79 Å². The van der Waals surface area contributed by atoms with Crippen molar-refractivity contribution in [2.24, 2.45) is 0 Å². The van der Waals surface area contributed by atoms with Gasteiger partial charge in [-0.1, -0.05) is 0 Å². The Morgan fingerprint density at radius 1 is 1.38 bits per heavy atom.